The first-order valence-corrected chi connectivity index (χ1v) is 7.12. The largest absolute Gasteiger partial charge is 0.492 e. The smallest absolute Gasteiger partial charge is 0.144 e. The van der Waals surface area contributed by atoms with Crippen molar-refractivity contribution in [1.29, 1.82) is 0 Å². The van der Waals surface area contributed by atoms with Gasteiger partial charge in [-0.15, -0.1) is 0 Å². The van der Waals surface area contributed by atoms with E-state index < -0.39 is 5.82 Å². The molecule has 0 amide bonds. The summed E-state index contributed by atoms with van der Waals surface area (Å²) >= 11 is 9.30. The fraction of sp³-hybridized carbons (Fsp3) is 0.143. The van der Waals surface area contributed by atoms with Gasteiger partial charge in [-0.3, -0.25) is 0 Å². The molecule has 20 heavy (non-hydrogen) atoms. The minimum absolute atomic E-state index is 0.284. The van der Waals surface area contributed by atoms with Crippen LogP contribution in [0.15, 0.2) is 34.8 Å². The van der Waals surface area contributed by atoms with Gasteiger partial charge in [0, 0.05) is 16.2 Å². The van der Waals surface area contributed by atoms with Gasteiger partial charge < -0.3 is 15.8 Å². The molecule has 0 atom stereocenters. The summed E-state index contributed by atoms with van der Waals surface area (Å²) in [4.78, 5) is 0. The van der Waals surface area contributed by atoms with Crippen LogP contribution in [0.2, 0.25) is 5.02 Å². The molecule has 2 aromatic rings. The van der Waals surface area contributed by atoms with Gasteiger partial charge in [-0.05, 0) is 47.1 Å². The highest BCUT2D eigenvalue weighted by Gasteiger charge is 2.09. The summed E-state index contributed by atoms with van der Waals surface area (Å²) in [5.41, 5.74) is 7.70. The molecule has 2 aromatic carbocycles. The topological polar surface area (TPSA) is 47.3 Å². The maximum Gasteiger partial charge on any atom is 0.144 e. The van der Waals surface area contributed by atoms with Crippen LogP contribution in [0, 0.1) is 5.82 Å². The van der Waals surface area contributed by atoms with E-state index in [4.69, 9.17) is 22.1 Å². The number of benzene rings is 2. The highest BCUT2D eigenvalue weighted by Crippen LogP contribution is 2.35. The van der Waals surface area contributed by atoms with Crippen LogP contribution in [-0.4, -0.2) is 6.61 Å². The molecule has 2 rings (SSSR count). The maximum absolute atomic E-state index is 13.2. The van der Waals surface area contributed by atoms with E-state index in [0.717, 1.165) is 5.69 Å². The molecule has 0 aliphatic carbocycles. The summed E-state index contributed by atoms with van der Waals surface area (Å²) in [5.74, 6) is 0.187. The third-order valence-electron chi connectivity index (χ3n) is 2.59. The lowest BCUT2D eigenvalue weighted by atomic mass is 10.2. The van der Waals surface area contributed by atoms with Gasteiger partial charge in [0.25, 0.3) is 0 Å². The molecule has 0 fully saturated rings. The first kappa shape index (κ1) is 14.9. The monoisotopic (exact) mass is 358 g/mol. The summed E-state index contributed by atoms with van der Waals surface area (Å²) in [6, 6.07) is 7.89. The number of hydrogen-bond acceptors (Lipinski definition) is 3. The van der Waals surface area contributed by atoms with Crippen LogP contribution in [0.3, 0.4) is 0 Å². The minimum atomic E-state index is -0.403. The van der Waals surface area contributed by atoms with Crippen molar-refractivity contribution in [3.63, 3.8) is 0 Å². The number of ether oxygens (including phenoxy) is 1. The molecule has 0 saturated carbocycles. The number of halogens is 3. The summed E-state index contributed by atoms with van der Waals surface area (Å²) in [6.45, 7) is 2.40. The van der Waals surface area contributed by atoms with E-state index in [-0.39, 0.29) is 5.02 Å². The predicted molar refractivity (Wildman–Crippen MR) is 84.4 cm³/mol. The molecule has 0 bridgehead atoms. The Bertz CT molecular complexity index is 614. The number of nitrogens with two attached hydrogens (primary N) is 1. The predicted octanol–water partition coefficient (Wildman–Crippen LogP) is 4.97. The summed E-state index contributed by atoms with van der Waals surface area (Å²) in [7, 11) is 0. The Morgan fingerprint density at radius 1 is 1.35 bits per heavy atom. The van der Waals surface area contributed by atoms with E-state index in [1.807, 2.05) is 6.92 Å². The van der Waals surface area contributed by atoms with Crippen molar-refractivity contribution in [1.82, 2.24) is 0 Å². The molecule has 0 spiro atoms. The van der Waals surface area contributed by atoms with E-state index in [1.165, 1.54) is 12.1 Å². The second kappa shape index (κ2) is 6.33. The van der Waals surface area contributed by atoms with Gasteiger partial charge in [0.1, 0.15) is 11.6 Å². The zero-order valence-corrected chi connectivity index (χ0v) is 13.1. The highest BCUT2D eigenvalue weighted by atomic mass is 79.9. The second-order valence-corrected chi connectivity index (χ2v) is 5.32. The maximum atomic E-state index is 13.2. The fourth-order valence-electron chi connectivity index (χ4n) is 1.70. The zero-order chi connectivity index (χ0) is 14.7. The third kappa shape index (κ3) is 3.35. The van der Waals surface area contributed by atoms with Crippen molar-refractivity contribution < 1.29 is 9.13 Å². The first-order valence-electron chi connectivity index (χ1n) is 5.95. The molecule has 0 radical (unpaired) electrons. The van der Waals surface area contributed by atoms with Crippen molar-refractivity contribution in [2.24, 2.45) is 0 Å². The standard InChI is InChI=1S/C14H13BrClFN2O/c1-2-20-13-7-9(3-4-12(13)18)19-14-10(15)5-8(17)6-11(14)16/h3-7,19H,2,18H2,1H3. The molecule has 106 valence electrons. The van der Waals surface area contributed by atoms with Gasteiger partial charge in [-0.2, -0.15) is 0 Å². The zero-order valence-electron chi connectivity index (χ0n) is 10.7. The number of nitrogen functional groups attached to an aromatic ring is 1. The molecular weight excluding hydrogens is 347 g/mol. The Balaban J connectivity index is 2.33. The van der Waals surface area contributed by atoms with Gasteiger partial charge in [0.2, 0.25) is 0 Å². The Kier molecular flexibility index (Phi) is 4.73. The Morgan fingerprint density at radius 3 is 2.75 bits per heavy atom. The van der Waals surface area contributed by atoms with E-state index in [1.54, 1.807) is 18.2 Å². The fourth-order valence-corrected chi connectivity index (χ4v) is 2.60. The molecule has 0 saturated heterocycles. The molecule has 0 heterocycles. The summed E-state index contributed by atoms with van der Waals surface area (Å²) in [6.07, 6.45) is 0. The second-order valence-electron chi connectivity index (χ2n) is 4.06. The van der Waals surface area contributed by atoms with Crippen LogP contribution < -0.4 is 15.8 Å². The molecule has 6 heteroatoms. The van der Waals surface area contributed by atoms with Crippen molar-refractivity contribution in [3.05, 3.63) is 45.6 Å². The Hall–Kier alpha value is -1.46. The summed E-state index contributed by atoms with van der Waals surface area (Å²) < 4.78 is 19.1. The SMILES string of the molecule is CCOc1cc(Nc2c(Cl)cc(F)cc2Br)ccc1N. The van der Waals surface area contributed by atoms with Crippen LogP contribution in [0.5, 0.6) is 5.75 Å². The van der Waals surface area contributed by atoms with Crippen LogP contribution in [0.25, 0.3) is 0 Å². The number of rotatable bonds is 4. The molecule has 0 aliphatic heterocycles. The van der Waals surface area contributed by atoms with Gasteiger partial charge in [-0.25, -0.2) is 4.39 Å². The van der Waals surface area contributed by atoms with Crippen LogP contribution >= 0.6 is 27.5 Å². The Labute approximate surface area is 130 Å². The first-order chi connectivity index (χ1) is 9.51. The lowest BCUT2D eigenvalue weighted by Gasteiger charge is -2.13. The third-order valence-corrected chi connectivity index (χ3v) is 3.51. The highest BCUT2D eigenvalue weighted by molar-refractivity contribution is 9.10. The number of nitrogens with one attached hydrogen (secondary N) is 1. The van der Waals surface area contributed by atoms with E-state index >= 15 is 0 Å². The van der Waals surface area contributed by atoms with Crippen molar-refractivity contribution in [2.45, 2.75) is 6.92 Å². The van der Waals surface area contributed by atoms with Gasteiger partial charge >= 0.3 is 0 Å². The Morgan fingerprint density at radius 2 is 2.10 bits per heavy atom. The average molecular weight is 360 g/mol. The number of hydrogen-bond donors (Lipinski definition) is 2. The van der Waals surface area contributed by atoms with Crippen molar-refractivity contribution in [3.8, 4) is 5.75 Å². The lowest BCUT2D eigenvalue weighted by Crippen LogP contribution is -1.99. The summed E-state index contributed by atoms with van der Waals surface area (Å²) in [5, 5.41) is 3.40. The quantitative estimate of drug-likeness (QED) is 0.758. The van der Waals surface area contributed by atoms with Crippen molar-refractivity contribution >= 4 is 44.6 Å². The normalized spacial score (nSPS) is 10.4. The minimum Gasteiger partial charge on any atom is -0.492 e. The molecule has 3 N–H and O–H groups in total. The van der Waals surface area contributed by atoms with Gasteiger partial charge in [-0.1, -0.05) is 11.6 Å². The van der Waals surface area contributed by atoms with Gasteiger partial charge in [0.15, 0.2) is 0 Å². The van der Waals surface area contributed by atoms with Crippen LogP contribution in [0.4, 0.5) is 21.5 Å². The molecule has 0 unspecified atom stereocenters. The average Bonchev–Trinajstić information content (AvgIpc) is 2.37. The van der Waals surface area contributed by atoms with E-state index in [2.05, 4.69) is 21.2 Å². The van der Waals surface area contributed by atoms with E-state index in [9.17, 15) is 4.39 Å². The van der Waals surface area contributed by atoms with Gasteiger partial charge in [0.05, 0.1) is 23.0 Å². The van der Waals surface area contributed by atoms with Crippen LogP contribution in [0.1, 0.15) is 6.92 Å². The lowest BCUT2D eigenvalue weighted by molar-refractivity contribution is 0.342. The van der Waals surface area contributed by atoms with Crippen LogP contribution in [-0.2, 0) is 0 Å². The molecular formula is C14H13BrClFN2O. The van der Waals surface area contributed by atoms with E-state index in [0.29, 0.717) is 28.2 Å². The molecule has 0 aliphatic rings. The number of anilines is 3. The van der Waals surface area contributed by atoms with Crippen molar-refractivity contribution in [2.75, 3.05) is 17.7 Å². The molecule has 0 aromatic heterocycles. The molecule has 3 nitrogen and oxygen atoms in total.